The van der Waals surface area contributed by atoms with Gasteiger partial charge in [0.05, 0.1) is 7.11 Å². The lowest BCUT2D eigenvalue weighted by Gasteiger charge is -2.11. The van der Waals surface area contributed by atoms with Gasteiger partial charge in [-0.25, -0.2) is 13.1 Å². The van der Waals surface area contributed by atoms with Gasteiger partial charge < -0.3 is 4.74 Å². The number of methoxy groups -OCH3 is 1. The van der Waals surface area contributed by atoms with Crippen molar-refractivity contribution in [3.05, 3.63) is 52.8 Å². The fraction of sp³-hybridized carbons (Fsp3) is 0.154. The van der Waals surface area contributed by atoms with Crippen molar-refractivity contribution in [3.8, 4) is 5.75 Å². The molecule has 0 saturated heterocycles. The quantitative estimate of drug-likeness (QED) is 0.892. The van der Waals surface area contributed by atoms with E-state index in [1.165, 1.54) is 13.2 Å². The van der Waals surface area contributed by atoms with E-state index >= 15 is 0 Å². The molecule has 2 rings (SSSR count). The standard InChI is InChI=1S/C13H13BrN2O3S/c1-19-12-5-4-11(14)7-13(12)20(17,18)16-9-10-3-2-6-15-8-10/h2-8,16H,9H2,1H3. The number of pyridine rings is 1. The van der Waals surface area contributed by atoms with E-state index in [1.807, 2.05) is 0 Å². The van der Waals surface area contributed by atoms with Crippen LogP contribution >= 0.6 is 15.9 Å². The fourth-order valence-electron chi connectivity index (χ4n) is 1.62. The van der Waals surface area contributed by atoms with Gasteiger partial charge in [-0.1, -0.05) is 22.0 Å². The van der Waals surface area contributed by atoms with Crippen molar-refractivity contribution in [2.45, 2.75) is 11.4 Å². The third-order valence-corrected chi connectivity index (χ3v) is 4.52. The molecule has 1 N–H and O–H groups in total. The van der Waals surface area contributed by atoms with Gasteiger partial charge in [-0.15, -0.1) is 0 Å². The number of benzene rings is 1. The van der Waals surface area contributed by atoms with E-state index in [0.717, 1.165) is 5.56 Å². The zero-order chi connectivity index (χ0) is 14.6. The molecule has 0 amide bonds. The van der Waals surface area contributed by atoms with Gasteiger partial charge in [-0.05, 0) is 29.8 Å². The molecule has 0 saturated carbocycles. The number of nitrogens with zero attached hydrogens (tertiary/aromatic N) is 1. The SMILES string of the molecule is COc1ccc(Br)cc1S(=O)(=O)NCc1cccnc1. The van der Waals surface area contributed by atoms with Gasteiger partial charge in [0, 0.05) is 23.4 Å². The molecule has 0 unspecified atom stereocenters. The Balaban J connectivity index is 2.24. The topological polar surface area (TPSA) is 68.3 Å². The first-order valence-electron chi connectivity index (χ1n) is 5.75. The van der Waals surface area contributed by atoms with Gasteiger partial charge in [0.25, 0.3) is 0 Å². The Morgan fingerprint density at radius 2 is 2.15 bits per heavy atom. The molecule has 0 bridgehead atoms. The van der Waals surface area contributed by atoms with Crippen LogP contribution in [0.2, 0.25) is 0 Å². The second kappa shape index (κ2) is 6.34. The lowest BCUT2D eigenvalue weighted by Crippen LogP contribution is -2.23. The summed E-state index contributed by atoms with van der Waals surface area (Å²) >= 11 is 3.26. The van der Waals surface area contributed by atoms with E-state index in [1.54, 1.807) is 36.7 Å². The summed E-state index contributed by atoms with van der Waals surface area (Å²) in [6.45, 7) is 0.172. The molecule has 0 radical (unpaired) electrons. The number of rotatable bonds is 5. The average molecular weight is 357 g/mol. The highest BCUT2D eigenvalue weighted by molar-refractivity contribution is 9.10. The van der Waals surface area contributed by atoms with Crippen LogP contribution in [-0.2, 0) is 16.6 Å². The molecule has 0 aliphatic carbocycles. The minimum Gasteiger partial charge on any atom is -0.495 e. The van der Waals surface area contributed by atoms with Crippen LogP contribution in [0.5, 0.6) is 5.75 Å². The third-order valence-electron chi connectivity index (χ3n) is 2.60. The van der Waals surface area contributed by atoms with Crippen LogP contribution in [0.1, 0.15) is 5.56 Å². The number of halogens is 1. The average Bonchev–Trinajstić information content (AvgIpc) is 2.46. The van der Waals surface area contributed by atoms with E-state index in [0.29, 0.717) is 10.2 Å². The highest BCUT2D eigenvalue weighted by Crippen LogP contribution is 2.27. The van der Waals surface area contributed by atoms with Gasteiger partial charge in [0.2, 0.25) is 10.0 Å². The highest BCUT2D eigenvalue weighted by Gasteiger charge is 2.19. The second-order valence-electron chi connectivity index (χ2n) is 3.98. The lowest BCUT2D eigenvalue weighted by molar-refractivity contribution is 0.402. The molecule has 7 heteroatoms. The number of ether oxygens (including phenoxy) is 1. The second-order valence-corrected chi connectivity index (χ2v) is 6.63. The first-order valence-corrected chi connectivity index (χ1v) is 8.02. The van der Waals surface area contributed by atoms with Crippen molar-refractivity contribution in [2.75, 3.05) is 7.11 Å². The van der Waals surface area contributed by atoms with E-state index in [4.69, 9.17) is 4.74 Å². The van der Waals surface area contributed by atoms with Gasteiger partial charge in [0.1, 0.15) is 10.6 Å². The molecular formula is C13H13BrN2O3S. The first-order chi connectivity index (χ1) is 9.53. The van der Waals surface area contributed by atoms with E-state index < -0.39 is 10.0 Å². The third kappa shape index (κ3) is 3.56. The van der Waals surface area contributed by atoms with Crippen LogP contribution in [0.4, 0.5) is 0 Å². The smallest absolute Gasteiger partial charge is 0.244 e. The van der Waals surface area contributed by atoms with Crippen molar-refractivity contribution in [3.63, 3.8) is 0 Å². The van der Waals surface area contributed by atoms with Crippen molar-refractivity contribution < 1.29 is 13.2 Å². The van der Waals surface area contributed by atoms with Crippen LogP contribution in [0.3, 0.4) is 0 Å². The van der Waals surface area contributed by atoms with Gasteiger partial charge in [0.15, 0.2) is 0 Å². The van der Waals surface area contributed by atoms with Crippen LogP contribution < -0.4 is 9.46 Å². The number of sulfonamides is 1. The zero-order valence-corrected chi connectivity index (χ0v) is 13.1. The highest BCUT2D eigenvalue weighted by atomic mass is 79.9. The Morgan fingerprint density at radius 3 is 2.80 bits per heavy atom. The van der Waals surface area contributed by atoms with E-state index in [2.05, 4.69) is 25.6 Å². The molecule has 0 spiro atoms. The van der Waals surface area contributed by atoms with Crippen LogP contribution in [0.25, 0.3) is 0 Å². The predicted octanol–water partition coefficient (Wildman–Crippen LogP) is 2.33. The molecule has 0 atom stereocenters. The molecule has 1 heterocycles. The molecule has 0 aliphatic heterocycles. The summed E-state index contributed by atoms with van der Waals surface area (Å²) in [5.41, 5.74) is 0.782. The van der Waals surface area contributed by atoms with E-state index in [9.17, 15) is 8.42 Å². The Hall–Kier alpha value is -1.44. The predicted molar refractivity (Wildman–Crippen MR) is 79.0 cm³/mol. The summed E-state index contributed by atoms with van der Waals surface area (Å²) in [7, 11) is -2.22. The fourth-order valence-corrected chi connectivity index (χ4v) is 3.34. The maximum Gasteiger partial charge on any atom is 0.244 e. The summed E-state index contributed by atoms with van der Waals surface area (Å²) in [6.07, 6.45) is 3.25. The largest absolute Gasteiger partial charge is 0.495 e. The summed E-state index contributed by atoms with van der Waals surface area (Å²) in [6, 6.07) is 8.38. The molecule has 1 aromatic heterocycles. The maximum absolute atomic E-state index is 12.3. The molecule has 0 fully saturated rings. The number of nitrogens with one attached hydrogen (secondary N) is 1. The Labute approximate surface area is 126 Å². The van der Waals surface area contributed by atoms with Crippen LogP contribution in [0, 0.1) is 0 Å². The lowest BCUT2D eigenvalue weighted by atomic mass is 10.3. The summed E-state index contributed by atoms with van der Waals surface area (Å²) in [5.74, 6) is 0.298. The summed E-state index contributed by atoms with van der Waals surface area (Å²) in [5, 5.41) is 0. The van der Waals surface area contributed by atoms with Gasteiger partial charge >= 0.3 is 0 Å². The number of aromatic nitrogens is 1. The van der Waals surface area contributed by atoms with Crippen LogP contribution in [0.15, 0.2) is 52.1 Å². The normalized spacial score (nSPS) is 11.3. The summed E-state index contributed by atoms with van der Waals surface area (Å²) < 4.78 is 32.9. The van der Waals surface area contributed by atoms with E-state index in [-0.39, 0.29) is 11.4 Å². The van der Waals surface area contributed by atoms with Crippen molar-refractivity contribution in [2.24, 2.45) is 0 Å². The minimum atomic E-state index is -3.66. The molecule has 5 nitrogen and oxygen atoms in total. The maximum atomic E-state index is 12.3. The molecule has 0 aliphatic rings. The van der Waals surface area contributed by atoms with Crippen molar-refractivity contribution in [1.82, 2.24) is 9.71 Å². The monoisotopic (exact) mass is 356 g/mol. The Kier molecular flexibility index (Phi) is 4.74. The summed E-state index contributed by atoms with van der Waals surface area (Å²) in [4.78, 5) is 4.03. The molecule has 2 aromatic rings. The number of hydrogen-bond donors (Lipinski definition) is 1. The molecule has 20 heavy (non-hydrogen) atoms. The van der Waals surface area contributed by atoms with Gasteiger partial charge in [-0.2, -0.15) is 0 Å². The zero-order valence-electron chi connectivity index (χ0n) is 10.7. The molecule has 106 valence electrons. The molecule has 1 aromatic carbocycles. The number of hydrogen-bond acceptors (Lipinski definition) is 4. The Bertz CT molecular complexity index is 690. The van der Waals surface area contributed by atoms with Crippen molar-refractivity contribution >= 4 is 26.0 Å². The minimum absolute atomic E-state index is 0.0956. The van der Waals surface area contributed by atoms with Crippen LogP contribution in [-0.4, -0.2) is 20.5 Å². The Morgan fingerprint density at radius 1 is 1.35 bits per heavy atom. The van der Waals surface area contributed by atoms with Crippen molar-refractivity contribution in [1.29, 1.82) is 0 Å². The first kappa shape index (κ1) is 15.0. The van der Waals surface area contributed by atoms with Gasteiger partial charge in [-0.3, -0.25) is 4.98 Å². The molecular weight excluding hydrogens is 344 g/mol.